The summed E-state index contributed by atoms with van der Waals surface area (Å²) in [5.41, 5.74) is 0.546. The fraction of sp³-hybridized carbons (Fsp3) is 0.429. The first kappa shape index (κ1) is 16.5. The van der Waals surface area contributed by atoms with Gasteiger partial charge in [0.15, 0.2) is 0 Å². The zero-order valence-electron chi connectivity index (χ0n) is 12.0. The molecule has 1 aromatic rings. The second-order valence-electron chi connectivity index (χ2n) is 4.71. The number of nitrogens with one attached hydrogen (secondary N) is 1. The Morgan fingerprint density at radius 2 is 1.90 bits per heavy atom. The van der Waals surface area contributed by atoms with Crippen LogP contribution in [0.25, 0.3) is 0 Å². The van der Waals surface area contributed by atoms with Crippen molar-refractivity contribution in [3.05, 3.63) is 29.3 Å². The second kappa shape index (κ2) is 7.87. The van der Waals surface area contributed by atoms with E-state index in [1.807, 2.05) is 19.0 Å². The molecule has 0 saturated carbocycles. The molecule has 1 aromatic carbocycles. The molecular weight excluding hydrogens is 278 g/mol. The molecule has 0 aliphatic rings. The molecule has 1 rings (SSSR count). The van der Waals surface area contributed by atoms with Crippen molar-refractivity contribution in [1.29, 1.82) is 0 Å². The van der Waals surface area contributed by atoms with E-state index in [4.69, 9.17) is 11.6 Å². The van der Waals surface area contributed by atoms with Crippen LogP contribution in [0.3, 0.4) is 0 Å². The molecule has 0 radical (unpaired) electrons. The Hall–Kier alpha value is -1.59. The molecule has 5 nitrogen and oxygen atoms in total. The predicted molar refractivity (Wildman–Crippen MR) is 81.0 cm³/mol. The highest BCUT2D eigenvalue weighted by Gasteiger charge is 2.17. The highest BCUT2D eigenvalue weighted by atomic mass is 35.5. The number of amides is 2. The summed E-state index contributed by atoms with van der Waals surface area (Å²) in [4.78, 5) is 26.9. The van der Waals surface area contributed by atoms with Gasteiger partial charge < -0.3 is 15.1 Å². The third kappa shape index (κ3) is 5.19. The van der Waals surface area contributed by atoms with Gasteiger partial charge in [0, 0.05) is 20.0 Å². The Kier molecular flexibility index (Phi) is 6.48. The topological polar surface area (TPSA) is 52.7 Å². The SMILES string of the molecule is CC(=O)N(CC(=O)NCCN(C)C)c1ccccc1Cl. The van der Waals surface area contributed by atoms with E-state index in [0.717, 1.165) is 6.54 Å². The zero-order valence-corrected chi connectivity index (χ0v) is 12.8. The van der Waals surface area contributed by atoms with Gasteiger partial charge in [0.05, 0.1) is 10.7 Å². The minimum Gasteiger partial charge on any atom is -0.353 e. The Labute approximate surface area is 124 Å². The minimum absolute atomic E-state index is 0.0352. The van der Waals surface area contributed by atoms with Crippen LogP contribution in [0.1, 0.15) is 6.92 Å². The van der Waals surface area contributed by atoms with Crippen molar-refractivity contribution in [2.75, 3.05) is 38.6 Å². The van der Waals surface area contributed by atoms with Gasteiger partial charge in [-0.05, 0) is 26.2 Å². The van der Waals surface area contributed by atoms with Gasteiger partial charge in [0.1, 0.15) is 6.54 Å². The summed E-state index contributed by atoms with van der Waals surface area (Å²) in [5.74, 6) is -0.428. The van der Waals surface area contributed by atoms with Crippen LogP contribution in [0.5, 0.6) is 0 Å². The summed E-state index contributed by atoms with van der Waals surface area (Å²) in [6.07, 6.45) is 0. The number of hydrogen-bond acceptors (Lipinski definition) is 3. The molecule has 0 unspecified atom stereocenters. The lowest BCUT2D eigenvalue weighted by Gasteiger charge is -2.22. The molecule has 0 fully saturated rings. The van der Waals surface area contributed by atoms with Crippen LogP contribution in [0, 0.1) is 0 Å². The summed E-state index contributed by atoms with van der Waals surface area (Å²) in [7, 11) is 3.86. The molecule has 0 spiro atoms. The first-order valence-corrected chi connectivity index (χ1v) is 6.73. The van der Waals surface area contributed by atoms with Gasteiger partial charge >= 0.3 is 0 Å². The van der Waals surface area contributed by atoms with Crippen molar-refractivity contribution in [3.63, 3.8) is 0 Å². The number of carbonyl (C=O) groups is 2. The summed E-state index contributed by atoms with van der Waals surface area (Å²) < 4.78 is 0. The Morgan fingerprint density at radius 1 is 1.25 bits per heavy atom. The third-order valence-corrected chi connectivity index (χ3v) is 3.03. The van der Waals surface area contributed by atoms with Crippen LogP contribution < -0.4 is 10.2 Å². The van der Waals surface area contributed by atoms with E-state index >= 15 is 0 Å². The summed E-state index contributed by atoms with van der Waals surface area (Å²) in [6.45, 7) is 2.67. The average molecular weight is 298 g/mol. The zero-order chi connectivity index (χ0) is 15.1. The smallest absolute Gasteiger partial charge is 0.240 e. The fourth-order valence-electron chi connectivity index (χ4n) is 1.66. The second-order valence-corrected chi connectivity index (χ2v) is 5.12. The maximum absolute atomic E-state index is 11.9. The van der Waals surface area contributed by atoms with E-state index < -0.39 is 0 Å². The highest BCUT2D eigenvalue weighted by Crippen LogP contribution is 2.24. The molecule has 6 heteroatoms. The summed E-state index contributed by atoms with van der Waals surface area (Å²) in [6, 6.07) is 6.97. The van der Waals surface area contributed by atoms with Crippen molar-refractivity contribution >= 4 is 29.1 Å². The lowest BCUT2D eigenvalue weighted by Crippen LogP contribution is -2.41. The lowest BCUT2D eigenvalue weighted by molar-refractivity contribution is -0.123. The maximum Gasteiger partial charge on any atom is 0.240 e. The third-order valence-electron chi connectivity index (χ3n) is 2.71. The number of hydrogen-bond donors (Lipinski definition) is 1. The molecule has 0 aliphatic heterocycles. The Balaban J connectivity index is 2.67. The number of carbonyl (C=O) groups excluding carboxylic acids is 2. The van der Waals surface area contributed by atoms with Crippen molar-refractivity contribution in [1.82, 2.24) is 10.2 Å². The van der Waals surface area contributed by atoms with Crippen molar-refractivity contribution < 1.29 is 9.59 Å². The first-order chi connectivity index (χ1) is 9.41. The van der Waals surface area contributed by atoms with E-state index in [1.54, 1.807) is 24.3 Å². The number of halogens is 1. The van der Waals surface area contributed by atoms with E-state index in [-0.39, 0.29) is 18.4 Å². The quantitative estimate of drug-likeness (QED) is 0.863. The standard InChI is InChI=1S/C14H20ClN3O2/c1-11(19)18(13-7-5-4-6-12(13)15)10-14(20)16-8-9-17(2)3/h4-7H,8-10H2,1-3H3,(H,16,20). The largest absolute Gasteiger partial charge is 0.353 e. The average Bonchev–Trinajstić information content (AvgIpc) is 2.36. The van der Waals surface area contributed by atoms with Crippen LogP contribution in [0.15, 0.2) is 24.3 Å². The van der Waals surface area contributed by atoms with Crippen LogP contribution in [-0.4, -0.2) is 50.4 Å². The van der Waals surface area contributed by atoms with Gasteiger partial charge in [0.2, 0.25) is 11.8 Å². The van der Waals surface area contributed by atoms with Gasteiger partial charge in [-0.15, -0.1) is 0 Å². The maximum atomic E-state index is 11.9. The van der Waals surface area contributed by atoms with E-state index in [1.165, 1.54) is 11.8 Å². The number of rotatable bonds is 6. The van der Waals surface area contributed by atoms with Crippen LogP contribution in [-0.2, 0) is 9.59 Å². The van der Waals surface area contributed by atoms with Crippen LogP contribution in [0.2, 0.25) is 5.02 Å². The van der Waals surface area contributed by atoms with Gasteiger partial charge in [-0.1, -0.05) is 23.7 Å². The van der Waals surface area contributed by atoms with E-state index in [0.29, 0.717) is 17.3 Å². The van der Waals surface area contributed by atoms with Crippen LogP contribution >= 0.6 is 11.6 Å². The number of nitrogens with zero attached hydrogens (tertiary/aromatic N) is 2. The van der Waals surface area contributed by atoms with Gasteiger partial charge in [-0.2, -0.15) is 0 Å². The molecule has 0 atom stereocenters. The monoisotopic (exact) mass is 297 g/mol. The van der Waals surface area contributed by atoms with Gasteiger partial charge in [-0.25, -0.2) is 0 Å². The minimum atomic E-state index is -0.221. The van der Waals surface area contributed by atoms with Crippen molar-refractivity contribution in [2.45, 2.75) is 6.92 Å². The molecule has 0 aromatic heterocycles. The summed E-state index contributed by atoms with van der Waals surface area (Å²) >= 11 is 6.06. The summed E-state index contributed by atoms with van der Waals surface area (Å²) in [5, 5.41) is 3.22. The Morgan fingerprint density at radius 3 is 2.45 bits per heavy atom. The molecule has 2 amide bonds. The Bertz CT molecular complexity index is 477. The predicted octanol–water partition coefficient (Wildman–Crippen LogP) is 1.37. The normalized spacial score (nSPS) is 10.4. The van der Waals surface area contributed by atoms with Crippen LogP contribution in [0.4, 0.5) is 5.69 Å². The molecule has 110 valence electrons. The first-order valence-electron chi connectivity index (χ1n) is 6.36. The molecule has 1 N–H and O–H groups in total. The lowest BCUT2D eigenvalue weighted by atomic mass is 10.2. The number of para-hydroxylation sites is 1. The highest BCUT2D eigenvalue weighted by molar-refractivity contribution is 6.33. The molecular formula is C14H20ClN3O2. The van der Waals surface area contributed by atoms with Crippen molar-refractivity contribution in [3.8, 4) is 0 Å². The number of likely N-dealkylation sites (N-methyl/N-ethyl adjacent to an activating group) is 1. The number of benzene rings is 1. The number of anilines is 1. The van der Waals surface area contributed by atoms with Gasteiger partial charge in [-0.3, -0.25) is 9.59 Å². The fourth-order valence-corrected chi connectivity index (χ4v) is 1.89. The molecule has 0 bridgehead atoms. The molecule has 0 saturated heterocycles. The molecule has 0 heterocycles. The van der Waals surface area contributed by atoms with E-state index in [9.17, 15) is 9.59 Å². The van der Waals surface area contributed by atoms with Gasteiger partial charge in [0.25, 0.3) is 0 Å². The van der Waals surface area contributed by atoms with Crippen molar-refractivity contribution in [2.24, 2.45) is 0 Å². The van der Waals surface area contributed by atoms with E-state index in [2.05, 4.69) is 5.32 Å². The molecule has 20 heavy (non-hydrogen) atoms. The molecule has 0 aliphatic carbocycles.